The van der Waals surface area contributed by atoms with Crippen molar-refractivity contribution in [3.8, 4) is 0 Å². The second kappa shape index (κ2) is 10.6. The predicted molar refractivity (Wildman–Crippen MR) is 90.3 cm³/mol. The number of nitrogens with zero attached hydrogens (tertiary/aromatic N) is 1. The number of carbonyl (C=O) groups excluding carboxylic acids is 1. The molecule has 1 amide bonds. The molecule has 0 radical (unpaired) electrons. The molecule has 0 aliphatic carbocycles. The summed E-state index contributed by atoms with van der Waals surface area (Å²) in [5, 5.41) is 8.91. The van der Waals surface area contributed by atoms with Crippen molar-refractivity contribution in [2.75, 3.05) is 38.7 Å². The zero-order valence-electron chi connectivity index (χ0n) is 13.6. The van der Waals surface area contributed by atoms with Gasteiger partial charge in [0.2, 0.25) is 5.91 Å². The highest BCUT2D eigenvalue weighted by atomic mass is 16.5. The van der Waals surface area contributed by atoms with E-state index in [1.54, 1.807) is 7.05 Å². The highest BCUT2D eigenvalue weighted by molar-refractivity contribution is 5.95. The fourth-order valence-electron chi connectivity index (χ4n) is 1.84. The number of aliphatic imine (C=N–C) groups is 1. The fourth-order valence-corrected chi connectivity index (χ4v) is 1.84. The van der Waals surface area contributed by atoms with Crippen LogP contribution in [0.1, 0.15) is 19.4 Å². The third-order valence-electron chi connectivity index (χ3n) is 3.00. The first-order valence-electron chi connectivity index (χ1n) is 7.60. The Bertz CT molecular complexity index is 489. The molecular formula is C16H26N4O2. The topological polar surface area (TPSA) is 74.8 Å². The number of nitrogens with one attached hydrogen (secondary N) is 3. The van der Waals surface area contributed by atoms with Gasteiger partial charge in [-0.25, -0.2) is 0 Å². The average Bonchev–Trinajstić information content (AvgIpc) is 2.54. The van der Waals surface area contributed by atoms with Crippen molar-refractivity contribution in [2.24, 2.45) is 4.99 Å². The minimum atomic E-state index is -0.110. The molecule has 1 aromatic carbocycles. The van der Waals surface area contributed by atoms with E-state index in [0.29, 0.717) is 25.7 Å². The van der Waals surface area contributed by atoms with Crippen molar-refractivity contribution in [1.82, 2.24) is 10.6 Å². The minimum Gasteiger partial charge on any atom is -0.380 e. The summed E-state index contributed by atoms with van der Waals surface area (Å²) >= 11 is 0. The van der Waals surface area contributed by atoms with E-state index in [-0.39, 0.29) is 12.5 Å². The third kappa shape index (κ3) is 7.08. The van der Waals surface area contributed by atoms with Crippen molar-refractivity contribution >= 4 is 17.6 Å². The van der Waals surface area contributed by atoms with Crippen LogP contribution in [0, 0.1) is 0 Å². The van der Waals surface area contributed by atoms with Gasteiger partial charge in [-0.2, -0.15) is 0 Å². The van der Waals surface area contributed by atoms with Crippen molar-refractivity contribution in [1.29, 1.82) is 0 Å². The highest BCUT2D eigenvalue weighted by Crippen LogP contribution is 2.10. The molecular weight excluding hydrogens is 280 g/mol. The van der Waals surface area contributed by atoms with Gasteiger partial charge in [-0.15, -0.1) is 0 Å². The molecule has 0 unspecified atom stereocenters. The number of hydrogen-bond acceptors (Lipinski definition) is 3. The Morgan fingerprint density at radius 1 is 1.27 bits per heavy atom. The maximum Gasteiger partial charge on any atom is 0.243 e. The van der Waals surface area contributed by atoms with E-state index >= 15 is 0 Å². The summed E-state index contributed by atoms with van der Waals surface area (Å²) < 4.78 is 5.23. The lowest BCUT2D eigenvalue weighted by molar-refractivity contribution is -0.115. The smallest absolute Gasteiger partial charge is 0.243 e. The van der Waals surface area contributed by atoms with Gasteiger partial charge in [0.05, 0.1) is 13.2 Å². The third-order valence-corrected chi connectivity index (χ3v) is 3.00. The molecule has 1 rings (SSSR count). The van der Waals surface area contributed by atoms with Crippen molar-refractivity contribution in [2.45, 2.75) is 20.3 Å². The van der Waals surface area contributed by atoms with Crippen LogP contribution in [0.3, 0.4) is 0 Å². The lowest BCUT2D eigenvalue weighted by Gasteiger charge is -2.12. The number of benzene rings is 1. The Kier molecular flexibility index (Phi) is 8.67. The lowest BCUT2D eigenvalue weighted by Crippen LogP contribution is -2.42. The summed E-state index contributed by atoms with van der Waals surface area (Å²) in [6.45, 7) is 6.13. The Morgan fingerprint density at radius 2 is 2.09 bits per heavy atom. The second-order valence-electron chi connectivity index (χ2n) is 4.65. The standard InChI is InChI=1S/C16H26N4O2/c1-4-13-7-6-8-14(11-13)20-15(21)12-19-16(17-3)18-9-10-22-5-2/h6-8,11H,4-5,9-10,12H2,1-3H3,(H,20,21)(H2,17,18,19). The van der Waals surface area contributed by atoms with Gasteiger partial charge < -0.3 is 20.7 Å². The number of carbonyl (C=O) groups is 1. The molecule has 6 nitrogen and oxygen atoms in total. The molecule has 0 bridgehead atoms. The molecule has 6 heteroatoms. The molecule has 0 fully saturated rings. The maximum absolute atomic E-state index is 11.9. The van der Waals surface area contributed by atoms with Crippen LogP contribution in [-0.4, -0.2) is 45.2 Å². The van der Waals surface area contributed by atoms with Crippen LogP contribution in [0.25, 0.3) is 0 Å². The number of rotatable bonds is 8. The number of guanidine groups is 1. The van der Waals surface area contributed by atoms with E-state index in [9.17, 15) is 4.79 Å². The molecule has 0 saturated heterocycles. The zero-order valence-corrected chi connectivity index (χ0v) is 13.6. The van der Waals surface area contributed by atoms with E-state index in [4.69, 9.17) is 4.74 Å². The molecule has 0 aliphatic heterocycles. The van der Waals surface area contributed by atoms with Gasteiger partial charge in [0.1, 0.15) is 0 Å². The van der Waals surface area contributed by atoms with E-state index in [1.807, 2.05) is 31.2 Å². The summed E-state index contributed by atoms with van der Waals surface area (Å²) in [7, 11) is 1.67. The minimum absolute atomic E-state index is 0.110. The van der Waals surface area contributed by atoms with Gasteiger partial charge in [0.15, 0.2) is 5.96 Å². The predicted octanol–water partition coefficient (Wildman–Crippen LogP) is 1.39. The summed E-state index contributed by atoms with van der Waals surface area (Å²) in [5.74, 6) is 0.471. The molecule has 3 N–H and O–H groups in total. The van der Waals surface area contributed by atoms with Crippen LogP contribution in [0.5, 0.6) is 0 Å². The molecule has 0 atom stereocenters. The highest BCUT2D eigenvalue weighted by Gasteiger charge is 2.04. The van der Waals surface area contributed by atoms with E-state index in [1.165, 1.54) is 5.56 Å². The Hall–Kier alpha value is -2.08. The first kappa shape index (κ1) is 18.0. The monoisotopic (exact) mass is 306 g/mol. The van der Waals surface area contributed by atoms with Gasteiger partial charge in [-0.05, 0) is 31.0 Å². The van der Waals surface area contributed by atoms with Gasteiger partial charge in [0, 0.05) is 25.9 Å². The number of hydrogen-bond donors (Lipinski definition) is 3. The Labute approximate surface area is 132 Å². The molecule has 122 valence electrons. The summed E-state index contributed by atoms with van der Waals surface area (Å²) in [4.78, 5) is 16.0. The number of amides is 1. The number of aryl methyl sites for hydroxylation is 1. The fraction of sp³-hybridized carbons (Fsp3) is 0.500. The largest absolute Gasteiger partial charge is 0.380 e. The summed E-state index contributed by atoms with van der Waals surface area (Å²) in [6, 6.07) is 7.84. The molecule has 0 aromatic heterocycles. The SMILES string of the molecule is CCOCCNC(=NC)NCC(=O)Nc1cccc(CC)c1. The molecule has 22 heavy (non-hydrogen) atoms. The van der Waals surface area contributed by atoms with Crippen molar-refractivity contribution < 1.29 is 9.53 Å². The van der Waals surface area contributed by atoms with Crippen LogP contribution in [0.2, 0.25) is 0 Å². The normalized spacial score (nSPS) is 11.1. The van der Waals surface area contributed by atoms with Crippen molar-refractivity contribution in [3.05, 3.63) is 29.8 Å². The molecule has 0 spiro atoms. The van der Waals surface area contributed by atoms with Crippen LogP contribution < -0.4 is 16.0 Å². The summed E-state index contributed by atoms with van der Waals surface area (Å²) in [5.41, 5.74) is 2.00. The van der Waals surface area contributed by atoms with Gasteiger partial charge in [-0.1, -0.05) is 19.1 Å². The van der Waals surface area contributed by atoms with Gasteiger partial charge in [0.25, 0.3) is 0 Å². The first-order chi connectivity index (χ1) is 10.7. The van der Waals surface area contributed by atoms with Gasteiger partial charge in [-0.3, -0.25) is 9.79 Å². The van der Waals surface area contributed by atoms with Crippen LogP contribution in [0.4, 0.5) is 5.69 Å². The second-order valence-corrected chi connectivity index (χ2v) is 4.65. The van der Waals surface area contributed by atoms with Crippen LogP contribution in [0.15, 0.2) is 29.3 Å². The van der Waals surface area contributed by atoms with Crippen LogP contribution >= 0.6 is 0 Å². The first-order valence-corrected chi connectivity index (χ1v) is 7.60. The van der Waals surface area contributed by atoms with Gasteiger partial charge >= 0.3 is 0 Å². The number of ether oxygens (including phenoxy) is 1. The van der Waals surface area contributed by atoms with E-state index in [2.05, 4.69) is 27.9 Å². The zero-order chi connectivity index (χ0) is 16.2. The quantitative estimate of drug-likeness (QED) is 0.385. The van der Waals surface area contributed by atoms with E-state index < -0.39 is 0 Å². The van der Waals surface area contributed by atoms with Crippen molar-refractivity contribution in [3.63, 3.8) is 0 Å². The molecule has 0 saturated carbocycles. The summed E-state index contributed by atoms with van der Waals surface area (Å²) in [6.07, 6.45) is 0.943. The molecule has 0 heterocycles. The molecule has 0 aliphatic rings. The Morgan fingerprint density at radius 3 is 2.77 bits per heavy atom. The van der Waals surface area contributed by atoms with E-state index in [0.717, 1.165) is 12.1 Å². The van der Waals surface area contributed by atoms with Crippen LogP contribution in [-0.2, 0) is 16.0 Å². The maximum atomic E-state index is 11.9. The lowest BCUT2D eigenvalue weighted by atomic mass is 10.1. The number of anilines is 1. The average molecular weight is 306 g/mol. The Balaban J connectivity index is 2.34. The molecule has 1 aromatic rings.